The van der Waals surface area contributed by atoms with Crippen molar-refractivity contribution in [2.24, 2.45) is 0 Å². The Morgan fingerprint density at radius 3 is 2.00 bits per heavy atom. The smallest absolute Gasteiger partial charge is 0.237 e. The van der Waals surface area contributed by atoms with E-state index in [-0.39, 0.29) is 0 Å². The van der Waals surface area contributed by atoms with Gasteiger partial charge in [0, 0.05) is 49.5 Å². The van der Waals surface area contributed by atoms with Crippen molar-refractivity contribution in [3.63, 3.8) is 0 Å². The summed E-state index contributed by atoms with van der Waals surface area (Å²) >= 11 is 0. The number of hydrogen-bond acceptors (Lipinski definition) is 5. The Kier molecular flexibility index (Phi) is 6.17. The lowest BCUT2D eigenvalue weighted by atomic mass is 10.1. The van der Waals surface area contributed by atoms with Gasteiger partial charge in [-0.3, -0.25) is 9.52 Å². The Bertz CT molecular complexity index is 936. The van der Waals surface area contributed by atoms with Gasteiger partial charge in [-0.25, -0.2) is 8.42 Å². The fraction of sp³-hybridized carbons (Fsp3) is 0.409. The van der Waals surface area contributed by atoms with Crippen LogP contribution in [0.4, 0.5) is 17.1 Å². The molecule has 2 aromatic carbocycles. The zero-order chi connectivity index (χ0) is 21.1. The van der Waals surface area contributed by atoms with Crippen LogP contribution in [-0.2, 0) is 21.4 Å². The molecule has 1 fully saturated rings. The number of anilines is 3. The van der Waals surface area contributed by atoms with Crippen LogP contribution in [0.1, 0.15) is 39.2 Å². The summed E-state index contributed by atoms with van der Waals surface area (Å²) in [6.07, 6.45) is 1.25. The van der Waals surface area contributed by atoms with Gasteiger partial charge in [-0.1, -0.05) is 12.1 Å². The van der Waals surface area contributed by atoms with Crippen molar-refractivity contribution < 1.29 is 13.2 Å². The second-order valence-electron chi connectivity index (χ2n) is 8.34. The van der Waals surface area contributed by atoms with Crippen LogP contribution >= 0.6 is 0 Å². The van der Waals surface area contributed by atoms with E-state index in [9.17, 15) is 13.2 Å². The molecule has 1 heterocycles. The second-order valence-corrected chi connectivity index (χ2v) is 10.8. The van der Waals surface area contributed by atoms with Crippen LogP contribution in [0.25, 0.3) is 0 Å². The normalized spacial score (nSPS) is 15.3. The Morgan fingerprint density at radius 1 is 0.897 bits per heavy atom. The maximum absolute atomic E-state index is 12.2. The number of benzene rings is 2. The van der Waals surface area contributed by atoms with E-state index in [4.69, 9.17) is 0 Å². The van der Waals surface area contributed by atoms with Crippen molar-refractivity contribution >= 4 is 32.9 Å². The minimum Gasteiger partial charge on any atom is -0.381 e. The first-order chi connectivity index (χ1) is 13.6. The molecule has 0 radical (unpaired) electrons. The number of sulfonamides is 1. The van der Waals surface area contributed by atoms with E-state index in [1.165, 1.54) is 0 Å². The summed E-state index contributed by atoms with van der Waals surface area (Å²) in [5, 5.41) is 3.38. The minimum absolute atomic E-state index is 0.344. The van der Waals surface area contributed by atoms with Crippen LogP contribution in [0.15, 0.2) is 48.5 Å². The molecule has 0 aliphatic carbocycles. The molecule has 0 saturated carbocycles. The van der Waals surface area contributed by atoms with Crippen molar-refractivity contribution in [1.29, 1.82) is 0 Å². The van der Waals surface area contributed by atoms with Crippen molar-refractivity contribution in [2.45, 2.75) is 44.9 Å². The molecule has 29 heavy (non-hydrogen) atoms. The van der Waals surface area contributed by atoms with E-state index in [1.807, 2.05) is 24.3 Å². The predicted octanol–water partition coefficient (Wildman–Crippen LogP) is 4.01. The zero-order valence-corrected chi connectivity index (χ0v) is 18.1. The largest absolute Gasteiger partial charge is 0.381 e. The summed E-state index contributed by atoms with van der Waals surface area (Å²) < 4.78 is 26.2. The van der Waals surface area contributed by atoms with Crippen molar-refractivity contribution in [1.82, 2.24) is 0 Å². The topological polar surface area (TPSA) is 78.5 Å². The third-order valence-corrected chi connectivity index (χ3v) is 7.18. The van der Waals surface area contributed by atoms with Crippen molar-refractivity contribution in [3.8, 4) is 0 Å². The molecule has 0 unspecified atom stereocenters. The molecule has 0 bridgehead atoms. The molecule has 1 aliphatic rings. The molecule has 0 aromatic heterocycles. The summed E-state index contributed by atoms with van der Waals surface area (Å²) in [7, 11) is -3.42. The summed E-state index contributed by atoms with van der Waals surface area (Å²) in [4.78, 5) is 13.6. The number of carbonyl (C=O) groups is 1. The van der Waals surface area contributed by atoms with E-state index >= 15 is 0 Å². The lowest BCUT2D eigenvalue weighted by molar-refractivity contribution is -0.119. The highest BCUT2D eigenvalue weighted by atomic mass is 32.2. The summed E-state index contributed by atoms with van der Waals surface area (Å²) in [6, 6.07) is 15.6. The first-order valence-corrected chi connectivity index (χ1v) is 11.3. The first kappa shape index (κ1) is 21.2. The van der Waals surface area contributed by atoms with Gasteiger partial charge in [0.25, 0.3) is 0 Å². The number of piperidine rings is 1. The summed E-state index contributed by atoms with van der Waals surface area (Å²) in [5.74, 6) is 0.344. The highest BCUT2D eigenvalue weighted by molar-refractivity contribution is 7.94. The monoisotopic (exact) mass is 415 g/mol. The number of Topliss-reactive ketones (excluding diaryl/α,β-unsaturated/α-hetero) is 1. The number of ketones is 1. The average molecular weight is 416 g/mol. The van der Waals surface area contributed by atoms with Crippen LogP contribution in [0.5, 0.6) is 0 Å². The fourth-order valence-electron chi connectivity index (χ4n) is 3.01. The molecule has 6 nitrogen and oxygen atoms in total. The second kappa shape index (κ2) is 8.45. The van der Waals surface area contributed by atoms with E-state index in [0.717, 1.165) is 30.0 Å². The van der Waals surface area contributed by atoms with Gasteiger partial charge in [0.1, 0.15) is 5.78 Å². The quantitative estimate of drug-likeness (QED) is 0.745. The van der Waals surface area contributed by atoms with Crippen molar-refractivity contribution in [2.75, 3.05) is 28.0 Å². The van der Waals surface area contributed by atoms with Gasteiger partial charge < -0.3 is 10.2 Å². The third kappa shape index (κ3) is 5.50. The number of nitrogens with zero attached hydrogens (tertiary/aromatic N) is 1. The van der Waals surface area contributed by atoms with Gasteiger partial charge in [-0.05, 0) is 62.7 Å². The van der Waals surface area contributed by atoms with Crippen LogP contribution in [-0.4, -0.2) is 32.0 Å². The molecular weight excluding hydrogens is 386 g/mol. The van der Waals surface area contributed by atoms with E-state index in [0.29, 0.717) is 30.9 Å². The average Bonchev–Trinajstić information content (AvgIpc) is 2.67. The van der Waals surface area contributed by atoms with E-state index in [1.54, 1.807) is 32.9 Å². The fourth-order valence-corrected chi connectivity index (χ4v) is 3.76. The van der Waals surface area contributed by atoms with Gasteiger partial charge in [0.2, 0.25) is 10.0 Å². The highest BCUT2D eigenvalue weighted by Gasteiger charge is 2.28. The van der Waals surface area contributed by atoms with Gasteiger partial charge in [-0.15, -0.1) is 0 Å². The molecule has 2 N–H and O–H groups in total. The Morgan fingerprint density at radius 2 is 1.45 bits per heavy atom. The summed E-state index contributed by atoms with van der Waals surface area (Å²) in [5.41, 5.74) is 3.77. The molecular formula is C22H29N3O3S. The third-order valence-electron chi connectivity index (χ3n) is 5.06. The minimum atomic E-state index is -3.42. The molecule has 1 aliphatic heterocycles. The molecule has 156 valence electrons. The molecule has 0 atom stereocenters. The molecule has 0 amide bonds. The number of hydrogen-bond donors (Lipinski definition) is 2. The standard InChI is InChI=1S/C22H29N3O3S/c1-22(2,3)29(27,28)24-19-6-4-17(5-7-19)16-23-18-8-10-20(11-9-18)25-14-12-21(26)13-15-25/h4-11,23-24H,12-16H2,1-3H3. The number of rotatable bonds is 6. The number of carbonyl (C=O) groups excluding carboxylic acids is 1. The van der Waals surface area contributed by atoms with Crippen molar-refractivity contribution in [3.05, 3.63) is 54.1 Å². The molecule has 1 saturated heterocycles. The van der Waals surface area contributed by atoms with Gasteiger partial charge >= 0.3 is 0 Å². The molecule has 7 heteroatoms. The Labute approximate surface area is 173 Å². The van der Waals surface area contributed by atoms with Crippen LogP contribution in [0.2, 0.25) is 0 Å². The molecule has 2 aromatic rings. The lowest BCUT2D eigenvalue weighted by Crippen LogP contribution is -2.33. The first-order valence-electron chi connectivity index (χ1n) is 9.86. The van der Waals surface area contributed by atoms with Gasteiger partial charge in [0.15, 0.2) is 0 Å². The van der Waals surface area contributed by atoms with Crippen LogP contribution in [0.3, 0.4) is 0 Å². The van der Waals surface area contributed by atoms with Gasteiger partial charge in [-0.2, -0.15) is 0 Å². The van der Waals surface area contributed by atoms with E-state index < -0.39 is 14.8 Å². The molecule has 3 rings (SSSR count). The Balaban J connectivity index is 1.54. The maximum atomic E-state index is 12.2. The van der Waals surface area contributed by atoms with Crippen LogP contribution < -0.4 is 14.9 Å². The van der Waals surface area contributed by atoms with Crippen LogP contribution in [0, 0.1) is 0 Å². The molecule has 0 spiro atoms. The zero-order valence-electron chi connectivity index (χ0n) is 17.2. The van der Waals surface area contributed by atoms with E-state index in [2.05, 4.69) is 27.1 Å². The lowest BCUT2D eigenvalue weighted by Gasteiger charge is -2.28. The SMILES string of the molecule is CC(C)(C)S(=O)(=O)Nc1ccc(CNc2ccc(N3CCC(=O)CC3)cc2)cc1. The van der Waals surface area contributed by atoms with Gasteiger partial charge in [0.05, 0.1) is 4.75 Å². The highest BCUT2D eigenvalue weighted by Crippen LogP contribution is 2.22. The predicted molar refractivity (Wildman–Crippen MR) is 119 cm³/mol. The number of nitrogens with one attached hydrogen (secondary N) is 2. The maximum Gasteiger partial charge on any atom is 0.237 e. The Hall–Kier alpha value is -2.54. The summed E-state index contributed by atoms with van der Waals surface area (Å²) in [6.45, 7) is 7.23.